The van der Waals surface area contributed by atoms with E-state index in [1.54, 1.807) is 0 Å². The number of hydrogen-bond donors (Lipinski definition) is 2. The molecule has 23 heavy (non-hydrogen) atoms. The standard InChI is InChI=1S/C18H22N2O3/c19-12-5-4-11-17(23-18(20)21)14-7-6-10-16(13-14)22-15-8-2-1-3-9-15/h1-3,6-10,13,17H,4-5,11-12,19H2,(H2,20,21). The van der Waals surface area contributed by atoms with Gasteiger partial charge in [-0.25, -0.2) is 4.79 Å². The molecule has 0 aromatic heterocycles. The van der Waals surface area contributed by atoms with Crippen molar-refractivity contribution in [2.75, 3.05) is 6.54 Å². The molecule has 0 aliphatic carbocycles. The van der Waals surface area contributed by atoms with E-state index in [1.807, 2.05) is 54.6 Å². The predicted molar refractivity (Wildman–Crippen MR) is 89.3 cm³/mol. The normalized spacial score (nSPS) is 11.7. The highest BCUT2D eigenvalue weighted by Gasteiger charge is 2.15. The van der Waals surface area contributed by atoms with Crippen LogP contribution in [0.2, 0.25) is 0 Å². The summed E-state index contributed by atoms with van der Waals surface area (Å²) >= 11 is 0. The molecule has 2 aromatic rings. The van der Waals surface area contributed by atoms with Crippen molar-refractivity contribution in [2.24, 2.45) is 11.5 Å². The van der Waals surface area contributed by atoms with E-state index >= 15 is 0 Å². The third-order valence-electron chi connectivity index (χ3n) is 3.39. The van der Waals surface area contributed by atoms with Gasteiger partial charge in [0.25, 0.3) is 0 Å². The summed E-state index contributed by atoms with van der Waals surface area (Å²) in [5, 5.41) is 0. The average molecular weight is 314 g/mol. The number of benzene rings is 2. The highest BCUT2D eigenvalue weighted by atomic mass is 16.6. The highest BCUT2D eigenvalue weighted by molar-refractivity contribution is 5.65. The lowest BCUT2D eigenvalue weighted by atomic mass is 10.0. The maximum Gasteiger partial charge on any atom is 0.405 e. The molecule has 0 aliphatic heterocycles. The van der Waals surface area contributed by atoms with Crippen LogP contribution < -0.4 is 16.2 Å². The minimum Gasteiger partial charge on any atom is -0.457 e. The molecule has 0 saturated carbocycles. The van der Waals surface area contributed by atoms with Crippen molar-refractivity contribution < 1.29 is 14.3 Å². The lowest BCUT2D eigenvalue weighted by molar-refractivity contribution is 0.0995. The minimum absolute atomic E-state index is 0.390. The molecule has 1 unspecified atom stereocenters. The Morgan fingerprint density at radius 2 is 1.74 bits per heavy atom. The van der Waals surface area contributed by atoms with E-state index in [9.17, 15) is 4.79 Å². The molecule has 5 nitrogen and oxygen atoms in total. The third kappa shape index (κ3) is 5.64. The first-order valence-electron chi connectivity index (χ1n) is 7.68. The number of rotatable bonds is 8. The van der Waals surface area contributed by atoms with Crippen molar-refractivity contribution in [2.45, 2.75) is 25.4 Å². The average Bonchev–Trinajstić information content (AvgIpc) is 2.55. The fourth-order valence-corrected chi connectivity index (χ4v) is 2.31. The van der Waals surface area contributed by atoms with Crippen LogP contribution in [0.25, 0.3) is 0 Å². The second kappa shape index (κ2) is 8.80. The summed E-state index contributed by atoms with van der Waals surface area (Å²) in [5.41, 5.74) is 11.5. The fraction of sp³-hybridized carbons (Fsp3) is 0.278. The van der Waals surface area contributed by atoms with Crippen LogP contribution in [0, 0.1) is 0 Å². The Balaban J connectivity index is 2.12. The quantitative estimate of drug-likeness (QED) is 0.726. The zero-order valence-corrected chi connectivity index (χ0v) is 13.0. The van der Waals surface area contributed by atoms with Crippen molar-refractivity contribution >= 4 is 6.09 Å². The van der Waals surface area contributed by atoms with Crippen LogP contribution in [0.5, 0.6) is 11.5 Å². The number of carbonyl (C=O) groups is 1. The van der Waals surface area contributed by atoms with Crippen LogP contribution >= 0.6 is 0 Å². The van der Waals surface area contributed by atoms with Crippen molar-refractivity contribution in [1.29, 1.82) is 0 Å². The van der Waals surface area contributed by atoms with Crippen LogP contribution in [0.4, 0.5) is 4.79 Å². The van der Waals surface area contributed by atoms with Gasteiger partial charge < -0.3 is 20.9 Å². The number of carbonyl (C=O) groups excluding carboxylic acids is 1. The fourth-order valence-electron chi connectivity index (χ4n) is 2.31. The van der Waals surface area contributed by atoms with Crippen molar-refractivity contribution in [3.05, 3.63) is 60.2 Å². The molecule has 2 rings (SSSR count). The van der Waals surface area contributed by atoms with Gasteiger partial charge in [-0.05, 0) is 55.6 Å². The first-order chi connectivity index (χ1) is 11.2. The Morgan fingerprint density at radius 3 is 2.43 bits per heavy atom. The van der Waals surface area contributed by atoms with E-state index in [-0.39, 0.29) is 0 Å². The maximum atomic E-state index is 11.1. The molecule has 122 valence electrons. The molecule has 0 spiro atoms. The van der Waals surface area contributed by atoms with E-state index < -0.39 is 12.2 Å². The summed E-state index contributed by atoms with van der Waals surface area (Å²) in [7, 11) is 0. The number of unbranched alkanes of at least 4 members (excludes halogenated alkanes) is 1. The Morgan fingerprint density at radius 1 is 1.00 bits per heavy atom. The molecule has 0 fully saturated rings. The van der Waals surface area contributed by atoms with Gasteiger partial charge in [0.1, 0.15) is 17.6 Å². The number of amides is 1. The SMILES string of the molecule is NCCCCC(OC(N)=O)c1cccc(Oc2ccccc2)c1. The number of nitrogens with two attached hydrogens (primary N) is 2. The summed E-state index contributed by atoms with van der Waals surface area (Å²) in [4.78, 5) is 11.1. The third-order valence-corrected chi connectivity index (χ3v) is 3.39. The largest absolute Gasteiger partial charge is 0.457 e. The highest BCUT2D eigenvalue weighted by Crippen LogP contribution is 2.28. The minimum atomic E-state index is -0.780. The second-order valence-electron chi connectivity index (χ2n) is 5.20. The molecule has 0 bridgehead atoms. The first-order valence-corrected chi connectivity index (χ1v) is 7.68. The van der Waals surface area contributed by atoms with E-state index in [1.165, 1.54) is 0 Å². The van der Waals surface area contributed by atoms with E-state index in [2.05, 4.69) is 0 Å². The van der Waals surface area contributed by atoms with Crippen LogP contribution in [0.1, 0.15) is 30.9 Å². The summed E-state index contributed by atoms with van der Waals surface area (Å²) in [6.07, 6.45) is 1.24. The number of hydrogen-bond acceptors (Lipinski definition) is 4. The Hall–Kier alpha value is -2.53. The van der Waals surface area contributed by atoms with Crippen LogP contribution in [0.15, 0.2) is 54.6 Å². The van der Waals surface area contributed by atoms with Gasteiger partial charge in [0.05, 0.1) is 0 Å². The zero-order chi connectivity index (χ0) is 16.5. The lowest BCUT2D eigenvalue weighted by Gasteiger charge is -2.18. The van der Waals surface area contributed by atoms with Crippen molar-refractivity contribution in [3.63, 3.8) is 0 Å². The molecule has 0 aliphatic rings. The monoisotopic (exact) mass is 314 g/mol. The van der Waals surface area contributed by atoms with Gasteiger partial charge in [-0.3, -0.25) is 0 Å². The predicted octanol–water partition coefficient (Wildman–Crippen LogP) is 3.74. The molecule has 4 N–H and O–H groups in total. The first kappa shape index (κ1) is 16.8. The van der Waals surface area contributed by atoms with Gasteiger partial charge in [0.15, 0.2) is 0 Å². The molecule has 0 heterocycles. The Kier molecular flexibility index (Phi) is 6.44. The van der Waals surface area contributed by atoms with E-state index in [0.717, 1.165) is 24.2 Å². The molecule has 1 amide bonds. The zero-order valence-electron chi connectivity index (χ0n) is 13.0. The molecular formula is C18H22N2O3. The van der Waals surface area contributed by atoms with Gasteiger partial charge in [0, 0.05) is 0 Å². The molecular weight excluding hydrogens is 292 g/mol. The van der Waals surface area contributed by atoms with E-state index in [0.29, 0.717) is 18.7 Å². The molecule has 0 saturated heterocycles. The van der Waals surface area contributed by atoms with Crippen LogP contribution in [-0.4, -0.2) is 12.6 Å². The summed E-state index contributed by atoms with van der Waals surface area (Å²) < 4.78 is 11.0. The summed E-state index contributed by atoms with van der Waals surface area (Å²) in [6, 6.07) is 17.0. The van der Waals surface area contributed by atoms with Crippen molar-refractivity contribution in [1.82, 2.24) is 0 Å². The molecule has 1 atom stereocenters. The van der Waals surface area contributed by atoms with Gasteiger partial charge in [-0.1, -0.05) is 30.3 Å². The van der Waals surface area contributed by atoms with Gasteiger partial charge in [-0.15, -0.1) is 0 Å². The number of primary amides is 1. The Labute approximate surface area is 136 Å². The Bertz CT molecular complexity index is 617. The molecule has 2 aromatic carbocycles. The van der Waals surface area contributed by atoms with Gasteiger partial charge in [0.2, 0.25) is 0 Å². The smallest absolute Gasteiger partial charge is 0.405 e. The number of para-hydroxylation sites is 1. The van der Waals surface area contributed by atoms with E-state index in [4.69, 9.17) is 20.9 Å². The summed E-state index contributed by atoms with van der Waals surface area (Å²) in [5.74, 6) is 1.44. The van der Waals surface area contributed by atoms with Crippen LogP contribution in [-0.2, 0) is 4.74 Å². The maximum absolute atomic E-state index is 11.1. The topological polar surface area (TPSA) is 87.6 Å². The van der Waals surface area contributed by atoms with Gasteiger partial charge >= 0.3 is 6.09 Å². The lowest BCUT2D eigenvalue weighted by Crippen LogP contribution is -2.17. The second-order valence-corrected chi connectivity index (χ2v) is 5.20. The van der Waals surface area contributed by atoms with Crippen LogP contribution in [0.3, 0.4) is 0 Å². The molecule has 5 heteroatoms. The molecule has 0 radical (unpaired) electrons. The summed E-state index contributed by atoms with van der Waals surface area (Å²) in [6.45, 7) is 0.612. The van der Waals surface area contributed by atoms with Crippen molar-refractivity contribution in [3.8, 4) is 11.5 Å². The number of ether oxygens (including phenoxy) is 2. The van der Waals surface area contributed by atoms with Gasteiger partial charge in [-0.2, -0.15) is 0 Å².